The number of primary amides is 1. The molecule has 0 spiro atoms. The van der Waals surface area contributed by atoms with Crippen LogP contribution < -0.4 is 5.73 Å². The topological polar surface area (TPSA) is 52.3 Å². The molecule has 1 rings (SSSR count). The minimum absolute atomic E-state index is 0.00231. The number of ether oxygens (including phenoxy) is 1. The van der Waals surface area contributed by atoms with Crippen LogP contribution in [-0.4, -0.2) is 24.4 Å². The zero-order valence-electron chi connectivity index (χ0n) is 4.91. The molecule has 4 heteroatoms. The summed E-state index contributed by atoms with van der Waals surface area (Å²) in [5.41, 5.74) is 5.02. The second kappa shape index (κ2) is 2.58. The summed E-state index contributed by atoms with van der Waals surface area (Å²) in [5.74, 6) is -0.499. The van der Waals surface area contributed by atoms with Crippen molar-refractivity contribution in [1.29, 1.82) is 0 Å². The summed E-state index contributed by atoms with van der Waals surface area (Å²) in [6, 6.07) is 0. The minimum Gasteiger partial charge on any atom is -0.379 e. The number of nitrogens with two attached hydrogens (primary N) is 1. The number of carbonyl (C=O) groups excluding carboxylic acids is 1. The third kappa shape index (κ3) is 1.37. The third-order valence-corrected chi connectivity index (χ3v) is 1.92. The molecular weight excluding hydrogens is 138 g/mol. The summed E-state index contributed by atoms with van der Waals surface area (Å²) >= 11 is 4.10. The van der Waals surface area contributed by atoms with Crippen molar-refractivity contribution < 1.29 is 9.53 Å². The minimum atomic E-state index is -0.312. The van der Waals surface area contributed by atoms with Crippen LogP contribution in [0, 0.1) is 5.92 Å². The monoisotopic (exact) mass is 147 g/mol. The second-order valence-electron chi connectivity index (χ2n) is 2.11. The van der Waals surface area contributed by atoms with E-state index in [0.717, 1.165) is 0 Å². The second-order valence-corrected chi connectivity index (χ2v) is 2.78. The predicted octanol–water partition coefficient (Wildman–Crippen LogP) is -0.583. The average molecular weight is 147 g/mol. The van der Waals surface area contributed by atoms with E-state index in [1.807, 2.05) is 0 Å². The lowest BCUT2D eigenvalue weighted by atomic mass is 10.1. The fourth-order valence-electron chi connectivity index (χ4n) is 0.815. The van der Waals surface area contributed by atoms with E-state index >= 15 is 0 Å². The lowest BCUT2D eigenvalue weighted by Gasteiger charge is -2.05. The van der Waals surface area contributed by atoms with Crippen LogP contribution in [0.4, 0.5) is 0 Å². The third-order valence-electron chi connectivity index (χ3n) is 1.42. The molecule has 3 nitrogen and oxygen atoms in total. The maximum absolute atomic E-state index is 10.5. The van der Waals surface area contributed by atoms with E-state index in [9.17, 15) is 4.79 Å². The van der Waals surface area contributed by atoms with Crippen LogP contribution in [0.3, 0.4) is 0 Å². The number of amides is 1. The first kappa shape index (κ1) is 6.89. The van der Waals surface area contributed by atoms with E-state index < -0.39 is 0 Å². The fraction of sp³-hybridized carbons (Fsp3) is 0.800. The summed E-state index contributed by atoms with van der Waals surface area (Å²) in [4.78, 5) is 10.5. The Hall–Kier alpha value is -0.220. The quantitative estimate of drug-likeness (QED) is 0.487. The molecule has 0 aromatic carbocycles. The van der Waals surface area contributed by atoms with Crippen LogP contribution in [0.5, 0.6) is 0 Å². The van der Waals surface area contributed by atoms with Gasteiger partial charge in [-0.15, -0.1) is 0 Å². The van der Waals surface area contributed by atoms with E-state index in [4.69, 9.17) is 10.5 Å². The fourth-order valence-corrected chi connectivity index (χ4v) is 1.15. The Balaban J connectivity index is 2.49. The molecule has 0 bridgehead atoms. The summed E-state index contributed by atoms with van der Waals surface area (Å²) in [6.45, 7) is 0.972. The summed E-state index contributed by atoms with van der Waals surface area (Å²) < 4.78 is 4.95. The van der Waals surface area contributed by atoms with Crippen molar-refractivity contribution in [1.82, 2.24) is 0 Å². The van der Waals surface area contributed by atoms with Crippen molar-refractivity contribution in [2.75, 3.05) is 13.2 Å². The van der Waals surface area contributed by atoms with Crippen molar-refractivity contribution in [2.45, 2.75) is 5.25 Å². The van der Waals surface area contributed by atoms with Crippen molar-refractivity contribution >= 4 is 18.5 Å². The molecule has 0 aliphatic carbocycles. The molecular formula is C5H9NO2S. The molecule has 1 saturated heterocycles. The van der Waals surface area contributed by atoms with Gasteiger partial charge in [0.25, 0.3) is 0 Å². The van der Waals surface area contributed by atoms with Gasteiger partial charge in [-0.25, -0.2) is 0 Å². The van der Waals surface area contributed by atoms with Crippen molar-refractivity contribution in [2.24, 2.45) is 11.7 Å². The maximum atomic E-state index is 10.5. The van der Waals surface area contributed by atoms with Crippen LogP contribution in [0.2, 0.25) is 0 Å². The highest BCUT2D eigenvalue weighted by molar-refractivity contribution is 7.81. The first-order valence-corrected chi connectivity index (χ1v) is 3.28. The standard InChI is InChI=1S/C5H9NO2S/c6-5(7)3-1-8-2-4(3)9/h3-4,9H,1-2H2,(H2,6,7). The molecule has 9 heavy (non-hydrogen) atoms. The average Bonchev–Trinajstić information content (AvgIpc) is 2.13. The van der Waals surface area contributed by atoms with Gasteiger partial charge in [0.2, 0.25) is 5.91 Å². The largest absolute Gasteiger partial charge is 0.379 e. The predicted molar refractivity (Wildman–Crippen MR) is 36.3 cm³/mol. The van der Waals surface area contributed by atoms with Crippen LogP contribution in [0.25, 0.3) is 0 Å². The molecule has 1 fully saturated rings. The zero-order chi connectivity index (χ0) is 6.85. The Morgan fingerprint density at radius 3 is 2.56 bits per heavy atom. The molecule has 0 aromatic heterocycles. The van der Waals surface area contributed by atoms with Crippen molar-refractivity contribution in [3.8, 4) is 0 Å². The Kier molecular flexibility index (Phi) is 1.97. The van der Waals surface area contributed by atoms with Crippen LogP contribution >= 0.6 is 12.6 Å². The zero-order valence-corrected chi connectivity index (χ0v) is 5.80. The van der Waals surface area contributed by atoms with E-state index in [2.05, 4.69) is 12.6 Å². The van der Waals surface area contributed by atoms with Crippen LogP contribution in [-0.2, 0) is 9.53 Å². The molecule has 0 saturated carbocycles. The van der Waals surface area contributed by atoms with Gasteiger partial charge in [-0.2, -0.15) is 12.6 Å². The van der Waals surface area contributed by atoms with E-state index in [0.29, 0.717) is 13.2 Å². The summed E-state index contributed by atoms with van der Waals surface area (Å²) in [7, 11) is 0. The van der Waals surface area contributed by atoms with E-state index in [1.54, 1.807) is 0 Å². The normalized spacial score (nSPS) is 34.8. The first-order chi connectivity index (χ1) is 4.22. The van der Waals surface area contributed by atoms with Crippen molar-refractivity contribution in [3.63, 3.8) is 0 Å². The number of thiol groups is 1. The highest BCUT2D eigenvalue weighted by Crippen LogP contribution is 2.17. The van der Waals surface area contributed by atoms with Gasteiger partial charge in [0, 0.05) is 5.25 Å². The molecule has 0 aromatic rings. The van der Waals surface area contributed by atoms with E-state index in [-0.39, 0.29) is 17.1 Å². The van der Waals surface area contributed by atoms with E-state index in [1.165, 1.54) is 0 Å². The Morgan fingerprint density at radius 2 is 2.33 bits per heavy atom. The smallest absolute Gasteiger partial charge is 0.224 e. The Morgan fingerprint density at radius 1 is 1.67 bits per heavy atom. The number of hydrogen-bond acceptors (Lipinski definition) is 3. The molecule has 1 aliphatic heterocycles. The SMILES string of the molecule is NC(=O)C1COCC1S. The van der Waals surface area contributed by atoms with Gasteiger partial charge in [0.1, 0.15) is 0 Å². The van der Waals surface area contributed by atoms with Gasteiger partial charge in [-0.05, 0) is 0 Å². The van der Waals surface area contributed by atoms with Gasteiger partial charge >= 0.3 is 0 Å². The highest BCUT2D eigenvalue weighted by Gasteiger charge is 2.29. The molecule has 2 unspecified atom stereocenters. The molecule has 1 heterocycles. The number of rotatable bonds is 1. The van der Waals surface area contributed by atoms with Gasteiger partial charge in [0.05, 0.1) is 19.1 Å². The van der Waals surface area contributed by atoms with Crippen molar-refractivity contribution in [3.05, 3.63) is 0 Å². The summed E-state index contributed by atoms with van der Waals surface area (Å²) in [6.07, 6.45) is 0. The molecule has 1 amide bonds. The first-order valence-electron chi connectivity index (χ1n) is 2.77. The van der Waals surface area contributed by atoms with Gasteiger partial charge in [0.15, 0.2) is 0 Å². The van der Waals surface area contributed by atoms with Gasteiger partial charge in [-0.3, -0.25) is 4.79 Å². The lowest BCUT2D eigenvalue weighted by Crippen LogP contribution is -2.29. The number of hydrogen-bond donors (Lipinski definition) is 2. The van der Waals surface area contributed by atoms with Crippen LogP contribution in [0.1, 0.15) is 0 Å². The molecule has 2 atom stereocenters. The molecule has 52 valence electrons. The van der Waals surface area contributed by atoms with Gasteiger partial charge < -0.3 is 10.5 Å². The molecule has 2 N–H and O–H groups in total. The lowest BCUT2D eigenvalue weighted by molar-refractivity contribution is -0.121. The summed E-state index contributed by atoms with van der Waals surface area (Å²) in [5, 5.41) is 0.00231. The Labute approximate surface area is 59.0 Å². The molecule has 0 radical (unpaired) electrons. The highest BCUT2D eigenvalue weighted by atomic mass is 32.1. The molecule has 1 aliphatic rings. The van der Waals surface area contributed by atoms with Gasteiger partial charge in [-0.1, -0.05) is 0 Å². The maximum Gasteiger partial charge on any atom is 0.224 e. The Bertz CT molecular complexity index is 128. The van der Waals surface area contributed by atoms with Crippen LogP contribution in [0.15, 0.2) is 0 Å². The number of carbonyl (C=O) groups is 1.